The quantitative estimate of drug-likeness (QED) is 0.742. The molecule has 1 saturated heterocycles. The predicted octanol–water partition coefficient (Wildman–Crippen LogP) is 2.05. The Balaban J connectivity index is 1.59. The van der Waals surface area contributed by atoms with Crippen molar-refractivity contribution in [3.05, 3.63) is 17.7 Å². The summed E-state index contributed by atoms with van der Waals surface area (Å²) in [5.74, 6) is 0.0766. The monoisotopic (exact) mass is 288 g/mol. The van der Waals surface area contributed by atoms with E-state index in [2.05, 4.69) is 21.6 Å². The molecule has 0 radical (unpaired) electrons. The van der Waals surface area contributed by atoms with Crippen molar-refractivity contribution >= 4 is 23.0 Å². The lowest BCUT2D eigenvalue weighted by Crippen LogP contribution is -2.33. The van der Waals surface area contributed by atoms with E-state index < -0.39 is 0 Å². The Morgan fingerprint density at radius 2 is 2.00 bits per heavy atom. The molecule has 0 saturated carbocycles. The van der Waals surface area contributed by atoms with Gasteiger partial charge in [0.1, 0.15) is 0 Å². The number of amides is 1. The van der Waals surface area contributed by atoms with Gasteiger partial charge >= 0.3 is 0 Å². The van der Waals surface area contributed by atoms with Gasteiger partial charge in [-0.2, -0.15) is 0 Å². The van der Waals surface area contributed by atoms with Crippen LogP contribution in [0.15, 0.2) is 12.1 Å². The maximum atomic E-state index is 11.4. The fourth-order valence-electron chi connectivity index (χ4n) is 3.13. The van der Waals surface area contributed by atoms with Gasteiger partial charge < -0.3 is 21.3 Å². The van der Waals surface area contributed by atoms with E-state index in [4.69, 9.17) is 5.73 Å². The third-order valence-electron chi connectivity index (χ3n) is 4.36. The molecule has 1 aromatic rings. The summed E-state index contributed by atoms with van der Waals surface area (Å²) >= 11 is 0. The molecule has 3 rings (SSSR count). The molecule has 2 aliphatic rings. The van der Waals surface area contributed by atoms with Crippen LogP contribution in [0.1, 0.15) is 31.2 Å². The Hall–Kier alpha value is -1.75. The number of nitrogens with zero attached hydrogens (tertiary/aromatic N) is 1. The third kappa shape index (κ3) is 3.47. The Kier molecular flexibility index (Phi) is 4.29. The van der Waals surface area contributed by atoms with Crippen LogP contribution in [0.3, 0.4) is 0 Å². The Labute approximate surface area is 125 Å². The minimum Gasteiger partial charge on any atom is -0.397 e. The molecule has 0 unspecified atom stereocenters. The van der Waals surface area contributed by atoms with Crippen LogP contribution in [-0.2, 0) is 11.2 Å². The second-order valence-corrected chi connectivity index (χ2v) is 5.97. The zero-order valence-electron chi connectivity index (χ0n) is 12.5. The fourth-order valence-corrected chi connectivity index (χ4v) is 3.13. The normalized spacial score (nSPS) is 19.0. The van der Waals surface area contributed by atoms with Crippen molar-refractivity contribution in [3.63, 3.8) is 0 Å². The molecule has 114 valence electrons. The van der Waals surface area contributed by atoms with Gasteiger partial charge in [-0.15, -0.1) is 0 Å². The maximum Gasteiger partial charge on any atom is 0.224 e. The number of nitrogen functional groups attached to an aromatic ring is 1. The summed E-state index contributed by atoms with van der Waals surface area (Å²) in [6.07, 6.45) is 5.36. The standard InChI is InChI=1S/C16H24N4O/c17-13-11-14-12(4-5-16(21)19-14)10-15(13)18-6-9-20-7-2-1-3-8-20/h10-11,18H,1-9,17H2,(H,19,21). The number of piperidine rings is 1. The van der Waals surface area contributed by atoms with E-state index in [-0.39, 0.29) is 5.91 Å². The molecule has 2 aliphatic heterocycles. The molecule has 4 N–H and O–H groups in total. The fraction of sp³-hybridized carbons (Fsp3) is 0.562. The molecule has 0 atom stereocenters. The van der Waals surface area contributed by atoms with E-state index in [1.807, 2.05) is 6.07 Å². The van der Waals surface area contributed by atoms with E-state index in [1.165, 1.54) is 37.9 Å². The van der Waals surface area contributed by atoms with Gasteiger partial charge in [-0.3, -0.25) is 4.79 Å². The highest BCUT2D eigenvalue weighted by atomic mass is 16.1. The van der Waals surface area contributed by atoms with Gasteiger partial charge in [0, 0.05) is 25.2 Å². The van der Waals surface area contributed by atoms with E-state index in [0.29, 0.717) is 12.1 Å². The highest BCUT2D eigenvalue weighted by molar-refractivity contribution is 5.95. The summed E-state index contributed by atoms with van der Waals surface area (Å²) < 4.78 is 0. The summed E-state index contributed by atoms with van der Waals surface area (Å²) in [5.41, 5.74) is 9.81. The molecule has 1 aromatic carbocycles. The van der Waals surface area contributed by atoms with Crippen LogP contribution in [0, 0.1) is 0 Å². The lowest BCUT2D eigenvalue weighted by Gasteiger charge is -2.27. The molecule has 21 heavy (non-hydrogen) atoms. The number of anilines is 3. The van der Waals surface area contributed by atoms with Crippen LogP contribution in [-0.4, -0.2) is 37.0 Å². The summed E-state index contributed by atoms with van der Waals surface area (Å²) in [7, 11) is 0. The summed E-state index contributed by atoms with van der Waals surface area (Å²) in [4.78, 5) is 13.9. The van der Waals surface area contributed by atoms with E-state index >= 15 is 0 Å². The number of carbonyl (C=O) groups excluding carboxylic acids is 1. The van der Waals surface area contributed by atoms with Crippen molar-refractivity contribution < 1.29 is 4.79 Å². The Morgan fingerprint density at radius 3 is 2.81 bits per heavy atom. The van der Waals surface area contributed by atoms with Crippen LogP contribution in [0.2, 0.25) is 0 Å². The van der Waals surface area contributed by atoms with Gasteiger partial charge in [0.15, 0.2) is 0 Å². The number of benzene rings is 1. The molecular formula is C16H24N4O. The molecule has 0 aromatic heterocycles. The van der Waals surface area contributed by atoms with E-state index in [9.17, 15) is 4.79 Å². The minimum absolute atomic E-state index is 0.0766. The van der Waals surface area contributed by atoms with Gasteiger partial charge in [0.05, 0.1) is 11.4 Å². The number of carbonyl (C=O) groups is 1. The zero-order chi connectivity index (χ0) is 14.7. The molecule has 2 heterocycles. The Morgan fingerprint density at radius 1 is 1.19 bits per heavy atom. The molecule has 1 amide bonds. The molecule has 5 nitrogen and oxygen atoms in total. The number of hydrogen-bond acceptors (Lipinski definition) is 4. The van der Waals surface area contributed by atoms with Crippen LogP contribution >= 0.6 is 0 Å². The second-order valence-electron chi connectivity index (χ2n) is 5.97. The lowest BCUT2D eigenvalue weighted by atomic mass is 10.0. The lowest BCUT2D eigenvalue weighted by molar-refractivity contribution is -0.116. The SMILES string of the molecule is Nc1cc2c(cc1NCCN1CCCCC1)CCC(=O)N2. The number of hydrogen-bond donors (Lipinski definition) is 3. The first kappa shape index (κ1) is 14.2. The van der Waals surface area contributed by atoms with Crippen molar-refractivity contribution in [2.24, 2.45) is 0 Å². The van der Waals surface area contributed by atoms with Crippen LogP contribution < -0.4 is 16.4 Å². The highest BCUT2D eigenvalue weighted by Crippen LogP contribution is 2.30. The molecule has 1 fully saturated rings. The van der Waals surface area contributed by atoms with E-state index in [1.54, 1.807) is 0 Å². The van der Waals surface area contributed by atoms with Crippen molar-refractivity contribution in [3.8, 4) is 0 Å². The summed E-state index contributed by atoms with van der Waals surface area (Å²) in [5, 5.41) is 6.32. The summed E-state index contributed by atoms with van der Waals surface area (Å²) in [6.45, 7) is 4.41. The third-order valence-corrected chi connectivity index (χ3v) is 4.36. The molecule has 5 heteroatoms. The minimum atomic E-state index is 0.0766. The highest BCUT2D eigenvalue weighted by Gasteiger charge is 2.16. The van der Waals surface area contributed by atoms with Gasteiger partial charge in [-0.25, -0.2) is 0 Å². The largest absolute Gasteiger partial charge is 0.397 e. The molecule has 0 aliphatic carbocycles. The number of likely N-dealkylation sites (tertiary alicyclic amines) is 1. The topological polar surface area (TPSA) is 70.4 Å². The van der Waals surface area contributed by atoms with Gasteiger partial charge in [0.25, 0.3) is 0 Å². The maximum absolute atomic E-state index is 11.4. The van der Waals surface area contributed by atoms with Crippen LogP contribution in [0.4, 0.5) is 17.1 Å². The van der Waals surface area contributed by atoms with Crippen molar-refractivity contribution in [1.29, 1.82) is 0 Å². The van der Waals surface area contributed by atoms with Gasteiger partial charge in [-0.05, 0) is 50.0 Å². The van der Waals surface area contributed by atoms with Gasteiger partial charge in [0.2, 0.25) is 5.91 Å². The number of nitrogens with two attached hydrogens (primary N) is 1. The first-order chi connectivity index (χ1) is 10.2. The average molecular weight is 288 g/mol. The predicted molar refractivity (Wildman–Crippen MR) is 86.6 cm³/mol. The number of rotatable bonds is 4. The second kappa shape index (κ2) is 6.35. The number of aryl methyl sites for hydroxylation is 1. The number of nitrogens with one attached hydrogen (secondary N) is 2. The smallest absolute Gasteiger partial charge is 0.224 e. The average Bonchev–Trinajstić information content (AvgIpc) is 2.49. The Bertz CT molecular complexity index is 523. The van der Waals surface area contributed by atoms with Gasteiger partial charge in [-0.1, -0.05) is 6.42 Å². The van der Waals surface area contributed by atoms with Crippen LogP contribution in [0.5, 0.6) is 0 Å². The van der Waals surface area contributed by atoms with E-state index in [0.717, 1.165) is 30.9 Å². The number of fused-ring (bicyclic) bond motifs is 1. The molecule has 0 bridgehead atoms. The first-order valence-corrected chi connectivity index (χ1v) is 7.91. The van der Waals surface area contributed by atoms with Crippen molar-refractivity contribution in [2.75, 3.05) is 42.5 Å². The van der Waals surface area contributed by atoms with Crippen molar-refractivity contribution in [1.82, 2.24) is 4.90 Å². The first-order valence-electron chi connectivity index (χ1n) is 7.91. The van der Waals surface area contributed by atoms with Crippen LogP contribution in [0.25, 0.3) is 0 Å². The zero-order valence-corrected chi connectivity index (χ0v) is 12.5. The molecule has 0 spiro atoms. The summed E-state index contributed by atoms with van der Waals surface area (Å²) in [6, 6.07) is 3.95. The molecular weight excluding hydrogens is 264 g/mol. The van der Waals surface area contributed by atoms with Crippen molar-refractivity contribution in [2.45, 2.75) is 32.1 Å².